The van der Waals surface area contributed by atoms with Crippen LogP contribution < -0.4 is 4.74 Å². The van der Waals surface area contributed by atoms with Crippen molar-refractivity contribution in [1.29, 1.82) is 0 Å². The second-order valence-electron chi connectivity index (χ2n) is 3.93. The third-order valence-corrected chi connectivity index (χ3v) is 2.03. The van der Waals surface area contributed by atoms with E-state index in [4.69, 9.17) is 9.47 Å². The molecule has 0 fully saturated rings. The van der Waals surface area contributed by atoms with E-state index in [1.165, 1.54) is 12.1 Å². The van der Waals surface area contributed by atoms with E-state index in [-0.39, 0.29) is 23.1 Å². The fourth-order valence-electron chi connectivity index (χ4n) is 1.31. The molecule has 0 atom stereocenters. The zero-order valence-electron chi connectivity index (χ0n) is 10.5. The molecule has 0 aromatic heterocycles. The number of nitro groups is 1. The first-order valence-corrected chi connectivity index (χ1v) is 5.50. The SMILES string of the molecule is CC(C)OC(=O)COc1ccc(C=O)cc1[N+](=O)[O-]. The van der Waals surface area contributed by atoms with E-state index >= 15 is 0 Å². The summed E-state index contributed by atoms with van der Waals surface area (Å²) in [6.07, 6.45) is 0.201. The van der Waals surface area contributed by atoms with E-state index in [9.17, 15) is 19.7 Å². The van der Waals surface area contributed by atoms with Crippen LogP contribution in [0, 0.1) is 10.1 Å². The van der Waals surface area contributed by atoms with Gasteiger partial charge in [0.1, 0.15) is 6.29 Å². The molecule has 0 saturated carbocycles. The Morgan fingerprint density at radius 2 is 2.16 bits per heavy atom. The normalized spacial score (nSPS) is 10.1. The quantitative estimate of drug-likeness (QED) is 0.337. The van der Waals surface area contributed by atoms with Crippen LogP contribution >= 0.6 is 0 Å². The van der Waals surface area contributed by atoms with E-state index in [0.717, 1.165) is 6.07 Å². The molecule has 0 unspecified atom stereocenters. The molecule has 0 N–H and O–H groups in total. The van der Waals surface area contributed by atoms with Crippen molar-refractivity contribution < 1.29 is 24.0 Å². The van der Waals surface area contributed by atoms with E-state index in [0.29, 0.717) is 6.29 Å². The average Bonchev–Trinajstić information content (AvgIpc) is 2.35. The Balaban J connectivity index is 2.80. The van der Waals surface area contributed by atoms with E-state index in [1.54, 1.807) is 13.8 Å². The van der Waals surface area contributed by atoms with Crippen LogP contribution in [0.25, 0.3) is 0 Å². The minimum absolute atomic E-state index is 0.0868. The van der Waals surface area contributed by atoms with Crippen molar-refractivity contribution in [3.05, 3.63) is 33.9 Å². The van der Waals surface area contributed by atoms with Gasteiger partial charge in [0.2, 0.25) is 0 Å². The first-order chi connectivity index (χ1) is 8.93. The summed E-state index contributed by atoms with van der Waals surface area (Å²) in [6.45, 7) is 2.93. The molecule has 1 rings (SSSR count). The van der Waals surface area contributed by atoms with E-state index in [1.807, 2.05) is 0 Å². The van der Waals surface area contributed by atoms with Crippen molar-refractivity contribution >= 4 is 17.9 Å². The molecule has 7 nitrogen and oxygen atoms in total. The topological polar surface area (TPSA) is 95.7 Å². The van der Waals surface area contributed by atoms with Crippen LogP contribution in [0.4, 0.5) is 5.69 Å². The zero-order valence-corrected chi connectivity index (χ0v) is 10.5. The van der Waals surface area contributed by atoms with E-state index in [2.05, 4.69) is 0 Å². The summed E-state index contributed by atoms with van der Waals surface area (Å²) in [5.74, 6) is -0.708. The standard InChI is InChI=1S/C12H13NO6/c1-8(2)19-12(15)7-18-11-4-3-9(6-14)5-10(11)13(16)17/h3-6,8H,7H2,1-2H3. The maximum absolute atomic E-state index is 11.3. The molecular formula is C12H13NO6. The Kier molecular flexibility index (Phi) is 4.99. The smallest absolute Gasteiger partial charge is 0.344 e. The molecule has 0 aliphatic heterocycles. The maximum atomic E-state index is 11.3. The van der Waals surface area contributed by atoms with Crippen molar-refractivity contribution in [2.45, 2.75) is 20.0 Å². The van der Waals surface area contributed by atoms with Gasteiger partial charge in [-0.2, -0.15) is 0 Å². The van der Waals surface area contributed by atoms with Gasteiger partial charge in [0.05, 0.1) is 11.0 Å². The predicted octanol–water partition coefficient (Wildman–Crippen LogP) is 1.74. The Hall–Kier alpha value is -2.44. The van der Waals surface area contributed by atoms with Gasteiger partial charge in [-0.05, 0) is 26.0 Å². The summed E-state index contributed by atoms with van der Waals surface area (Å²) < 4.78 is 9.86. The lowest BCUT2D eigenvalue weighted by molar-refractivity contribution is -0.385. The number of nitro benzene ring substituents is 1. The summed E-state index contributed by atoms with van der Waals surface area (Å²) in [4.78, 5) is 31.9. The van der Waals surface area contributed by atoms with Crippen LogP contribution in [0.3, 0.4) is 0 Å². The number of carbonyl (C=O) groups excluding carboxylic acids is 2. The highest BCUT2D eigenvalue weighted by molar-refractivity contribution is 5.77. The Labute approximate surface area is 109 Å². The van der Waals surface area contributed by atoms with Crippen molar-refractivity contribution in [3.63, 3.8) is 0 Å². The van der Waals surface area contributed by atoms with Gasteiger partial charge in [0, 0.05) is 11.6 Å². The lowest BCUT2D eigenvalue weighted by atomic mass is 10.2. The molecule has 1 aromatic carbocycles. The largest absolute Gasteiger partial charge is 0.475 e. The van der Waals surface area contributed by atoms with Crippen LogP contribution in [0.5, 0.6) is 5.75 Å². The fourth-order valence-corrected chi connectivity index (χ4v) is 1.31. The molecule has 1 aromatic rings. The first kappa shape index (κ1) is 14.6. The number of benzene rings is 1. The molecule has 7 heteroatoms. The van der Waals surface area contributed by atoms with Crippen molar-refractivity contribution in [3.8, 4) is 5.75 Å². The van der Waals surface area contributed by atoms with Gasteiger partial charge >= 0.3 is 11.7 Å². The van der Waals surface area contributed by atoms with Gasteiger partial charge < -0.3 is 9.47 Å². The number of carbonyl (C=O) groups is 2. The summed E-state index contributed by atoms with van der Waals surface area (Å²) in [6, 6.07) is 3.71. The molecule has 0 amide bonds. The Morgan fingerprint density at radius 1 is 1.47 bits per heavy atom. The third kappa shape index (κ3) is 4.38. The van der Waals surface area contributed by atoms with Crippen LogP contribution in [0.1, 0.15) is 24.2 Å². The van der Waals surface area contributed by atoms with Gasteiger partial charge in [-0.15, -0.1) is 0 Å². The van der Waals surface area contributed by atoms with Gasteiger partial charge in [-0.1, -0.05) is 0 Å². The predicted molar refractivity (Wildman–Crippen MR) is 65.2 cm³/mol. The average molecular weight is 267 g/mol. The molecule has 0 heterocycles. The number of rotatable bonds is 6. The fraction of sp³-hybridized carbons (Fsp3) is 0.333. The number of esters is 1. The van der Waals surface area contributed by atoms with Crippen LogP contribution in [-0.4, -0.2) is 29.9 Å². The second kappa shape index (κ2) is 6.48. The van der Waals surface area contributed by atoms with Crippen LogP contribution in [-0.2, 0) is 9.53 Å². The molecule has 0 aliphatic rings. The lowest BCUT2D eigenvalue weighted by Gasteiger charge is -2.09. The second-order valence-corrected chi connectivity index (χ2v) is 3.93. The molecule has 19 heavy (non-hydrogen) atoms. The third-order valence-electron chi connectivity index (χ3n) is 2.03. The highest BCUT2D eigenvalue weighted by Gasteiger charge is 2.17. The number of ether oxygens (including phenoxy) is 2. The number of aldehydes is 1. The molecule has 0 radical (unpaired) electrons. The lowest BCUT2D eigenvalue weighted by Crippen LogP contribution is -2.19. The first-order valence-electron chi connectivity index (χ1n) is 5.50. The molecule has 102 valence electrons. The zero-order chi connectivity index (χ0) is 14.4. The monoisotopic (exact) mass is 267 g/mol. The Bertz CT molecular complexity index is 497. The summed E-state index contributed by atoms with van der Waals surface area (Å²) in [5, 5.41) is 10.8. The summed E-state index contributed by atoms with van der Waals surface area (Å²) in [7, 11) is 0. The summed E-state index contributed by atoms with van der Waals surface area (Å²) >= 11 is 0. The minimum atomic E-state index is -0.684. The van der Waals surface area contributed by atoms with Gasteiger partial charge in [-0.3, -0.25) is 14.9 Å². The highest BCUT2D eigenvalue weighted by Crippen LogP contribution is 2.27. The Morgan fingerprint density at radius 3 is 2.68 bits per heavy atom. The van der Waals surface area contributed by atoms with Crippen LogP contribution in [0.15, 0.2) is 18.2 Å². The van der Waals surface area contributed by atoms with E-state index < -0.39 is 17.5 Å². The van der Waals surface area contributed by atoms with Crippen LogP contribution in [0.2, 0.25) is 0 Å². The maximum Gasteiger partial charge on any atom is 0.344 e. The van der Waals surface area contributed by atoms with Gasteiger partial charge in [0.15, 0.2) is 12.4 Å². The number of nitrogens with zero attached hydrogens (tertiary/aromatic N) is 1. The van der Waals surface area contributed by atoms with Crippen molar-refractivity contribution in [2.75, 3.05) is 6.61 Å². The van der Waals surface area contributed by atoms with Gasteiger partial charge in [0.25, 0.3) is 0 Å². The molecule has 0 spiro atoms. The minimum Gasteiger partial charge on any atom is -0.475 e. The highest BCUT2D eigenvalue weighted by atomic mass is 16.6. The molecule has 0 saturated heterocycles. The number of hydrogen-bond donors (Lipinski definition) is 0. The van der Waals surface area contributed by atoms with Crippen molar-refractivity contribution in [2.24, 2.45) is 0 Å². The van der Waals surface area contributed by atoms with Gasteiger partial charge in [-0.25, -0.2) is 4.79 Å². The summed E-state index contributed by atoms with van der Waals surface area (Å²) in [5.41, 5.74) is -0.217. The van der Waals surface area contributed by atoms with Crippen molar-refractivity contribution in [1.82, 2.24) is 0 Å². The molecule has 0 aliphatic carbocycles. The number of hydrogen-bond acceptors (Lipinski definition) is 6. The molecular weight excluding hydrogens is 254 g/mol. The molecule has 0 bridgehead atoms.